The highest BCUT2D eigenvalue weighted by molar-refractivity contribution is 5.49. The maximum absolute atomic E-state index is 9.11. The largest absolute Gasteiger partial charge is 0.396 e. The molecule has 0 radical (unpaired) electrons. The molecule has 0 unspecified atom stereocenters. The molecule has 0 saturated heterocycles. The van der Waals surface area contributed by atoms with E-state index in [1.165, 1.54) is 0 Å². The molecule has 1 aliphatic rings. The van der Waals surface area contributed by atoms with Crippen LogP contribution in [-0.2, 0) is 0 Å². The second-order valence-electron chi connectivity index (χ2n) is 3.98. The molecule has 4 heteroatoms. The van der Waals surface area contributed by atoms with Crippen molar-refractivity contribution in [1.29, 1.82) is 0 Å². The molecule has 1 aromatic heterocycles. The van der Waals surface area contributed by atoms with Gasteiger partial charge in [0.2, 0.25) is 0 Å². The van der Waals surface area contributed by atoms with Gasteiger partial charge in [-0.05, 0) is 18.9 Å². The molecule has 2 rings (SSSR count). The van der Waals surface area contributed by atoms with Gasteiger partial charge in [-0.2, -0.15) is 0 Å². The number of aliphatic hydroxyl groups is 1. The maximum Gasteiger partial charge on any atom is 0.125 e. The summed E-state index contributed by atoms with van der Waals surface area (Å²) in [6.07, 6.45) is 3.89. The molecule has 76 valence electrons. The summed E-state index contributed by atoms with van der Waals surface area (Å²) >= 11 is 0. The number of aliphatic hydroxyl groups excluding tert-OH is 1. The van der Waals surface area contributed by atoms with Crippen LogP contribution in [0.1, 0.15) is 12.8 Å². The number of nitrogens with one attached hydrogen (secondary N) is 1. The molecular formula is C10H15N3O. The summed E-state index contributed by atoms with van der Waals surface area (Å²) in [5.74, 6) is 0.517. The summed E-state index contributed by atoms with van der Waals surface area (Å²) in [6, 6.07) is 3.68. The van der Waals surface area contributed by atoms with Crippen molar-refractivity contribution >= 4 is 11.5 Å². The summed E-state index contributed by atoms with van der Waals surface area (Å²) in [4.78, 5) is 3.91. The van der Waals surface area contributed by atoms with Gasteiger partial charge in [0.15, 0.2) is 0 Å². The first kappa shape index (κ1) is 9.27. The van der Waals surface area contributed by atoms with Gasteiger partial charge in [-0.3, -0.25) is 0 Å². The molecule has 1 aliphatic carbocycles. The van der Waals surface area contributed by atoms with Crippen molar-refractivity contribution < 1.29 is 5.11 Å². The Morgan fingerprint density at radius 3 is 2.93 bits per heavy atom. The lowest BCUT2D eigenvalue weighted by Crippen LogP contribution is -2.19. The molecule has 0 atom stereocenters. The van der Waals surface area contributed by atoms with Crippen LogP contribution in [0.15, 0.2) is 18.3 Å². The average molecular weight is 193 g/mol. The number of hydrogen-bond donors (Lipinski definition) is 3. The normalized spacial score (nSPS) is 17.8. The highest BCUT2D eigenvalue weighted by atomic mass is 16.3. The Morgan fingerprint density at radius 1 is 1.57 bits per heavy atom. The first-order chi connectivity index (χ1) is 6.74. The van der Waals surface area contributed by atoms with E-state index in [2.05, 4.69) is 10.3 Å². The van der Waals surface area contributed by atoms with E-state index in [1.54, 1.807) is 12.3 Å². The van der Waals surface area contributed by atoms with Crippen molar-refractivity contribution in [3.05, 3.63) is 18.3 Å². The third-order valence-corrected chi connectivity index (χ3v) is 2.74. The zero-order chi connectivity index (χ0) is 10.0. The minimum Gasteiger partial charge on any atom is -0.396 e. The third-order valence-electron chi connectivity index (χ3n) is 2.74. The lowest BCUT2D eigenvalue weighted by Gasteiger charge is -2.13. The van der Waals surface area contributed by atoms with E-state index >= 15 is 0 Å². The first-order valence-electron chi connectivity index (χ1n) is 4.80. The number of nitrogen functional groups attached to an aromatic ring is 1. The Morgan fingerprint density at radius 2 is 2.36 bits per heavy atom. The van der Waals surface area contributed by atoms with Crippen LogP contribution in [0.5, 0.6) is 0 Å². The van der Waals surface area contributed by atoms with Crippen molar-refractivity contribution in [2.75, 3.05) is 24.2 Å². The van der Waals surface area contributed by atoms with Crippen molar-refractivity contribution in [2.24, 2.45) is 5.41 Å². The number of rotatable bonds is 4. The minimum absolute atomic E-state index is 0.123. The number of anilines is 2. The van der Waals surface area contributed by atoms with Gasteiger partial charge in [0.05, 0.1) is 6.61 Å². The Kier molecular flexibility index (Phi) is 2.29. The summed E-state index contributed by atoms with van der Waals surface area (Å²) < 4.78 is 0. The van der Waals surface area contributed by atoms with Gasteiger partial charge in [0, 0.05) is 29.9 Å². The molecule has 0 aromatic carbocycles. The Hall–Kier alpha value is -1.29. The molecule has 0 aliphatic heterocycles. The summed E-state index contributed by atoms with van der Waals surface area (Å²) in [7, 11) is 0. The van der Waals surface area contributed by atoms with Crippen LogP contribution in [0.3, 0.4) is 0 Å². The summed E-state index contributed by atoms with van der Waals surface area (Å²) in [6.45, 7) is 1.08. The van der Waals surface area contributed by atoms with Crippen LogP contribution >= 0.6 is 0 Å². The van der Waals surface area contributed by atoms with E-state index in [-0.39, 0.29) is 12.0 Å². The number of pyridine rings is 1. The van der Waals surface area contributed by atoms with E-state index < -0.39 is 0 Å². The van der Waals surface area contributed by atoms with Crippen LogP contribution in [-0.4, -0.2) is 23.2 Å². The first-order valence-corrected chi connectivity index (χ1v) is 4.80. The molecule has 1 fully saturated rings. The van der Waals surface area contributed by atoms with Gasteiger partial charge in [0.25, 0.3) is 0 Å². The Balaban J connectivity index is 1.92. The van der Waals surface area contributed by atoms with Crippen molar-refractivity contribution in [3.63, 3.8) is 0 Å². The lowest BCUT2D eigenvalue weighted by atomic mass is 10.1. The van der Waals surface area contributed by atoms with Gasteiger partial charge in [-0.15, -0.1) is 0 Å². The van der Waals surface area contributed by atoms with Gasteiger partial charge < -0.3 is 16.2 Å². The molecule has 0 amide bonds. The number of aromatic nitrogens is 1. The van der Waals surface area contributed by atoms with E-state index in [0.717, 1.165) is 25.1 Å². The van der Waals surface area contributed by atoms with Crippen LogP contribution < -0.4 is 11.1 Å². The molecule has 1 aromatic rings. The average Bonchev–Trinajstić information content (AvgIpc) is 2.96. The van der Waals surface area contributed by atoms with Crippen molar-refractivity contribution in [3.8, 4) is 0 Å². The quantitative estimate of drug-likeness (QED) is 0.663. The fourth-order valence-corrected chi connectivity index (χ4v) is 1.42. The predicted octanol–water partition coefficient (Wildman–Crippen LogP) is 0.848. The zero-order valence-electron chi connectivity index (χ0n) is 8.03. The van der Waals surface area contributed by atoms with E-state index in [1.807, 2.05) is 6.07 Å². The fraction of sp³-hybridized carbons (Fsp3) is 0.500. The monoisotopic (exact) mass is 193 g/mol. The van der Waals surface area contributed by atoms with Gasteiger partial charge in [-0.1, -0.05) is 0 Å². The van der Waals surface area contributed by atoms with Crippen molar-refractivity contribution in [2.45, 2.75) is 12.8 Å². The predicted molar refractivity (Wildman–Crippen MR) is 55.9 cm³/mol. The molecule has 4 nitrogen and oxygen atoms in total. The standard InChI is InChI=1S/C10H15N3O/c11-9-5-8(1-4-12-9)13-6-10(7-14)2-3-10/h1,4-5,14H,2-3,6-7H2,(H3,11,12,13). The number of nitrogens with two attached hydrogens (primary N) is 1. The molecule has 4 N–H and O–H groups in total. The smallest absolute Gasteiger partial charge is 0.125 e. The number of hydrogen-bond acceptors (Lipinski definition) is 4. The SMILES string of the molecule is Nc1cc(NCC2(CO)CC2)ccn1. The van der Waals surface area contributed by atoms with E-state index in [0.29, 0.717) is 5.82 Å². The fourth-order valence-electron chi connectivity index (χ4n) is 1.42. The van der Waals surface area contributed by atoms with Crippen LogP contribution in [0, 0.1) is 5.41 Å². The van der Waals surface area contributed by atoms with Gasteiger partial charge in [0.1, 0.15) is 5.82 Å². The van der Waals surface area contributed by atoms with Crippen molar-refractivity contribution in [1.82, 2.24) is 4.98 Å². The second kappa shape index (κ2) is 3.46. The van der Waals surface area contributed by atoms with Gasteiger partial charge >= 0.3 is 0 Å². The third kappa shape index (κ3) is 1.96. The maximum atomic E-state index is 9.11. The highest BCUT2D eigenvalue weighted by Crippen LogP contribution is 2.44. The highest BCUT2D eigenvalue weighted by Gasteiger charge is 2.41. The topological polar surface area (TPSA) is 71.2 Å². The zero-order valence-corrected chi connectivity index (χ0v) is 8.03. The lowest BCUT2D eigenvalue weighted by molar-refractivity contribution is 0.220. The van der Waals surface area contributed by atoms with E-state index in [9.17, 15) is 0 Å². The second-order valence-corrected chi connectivity index (χ2v) is 3.98. The van der Waals surface area contributed by atoms with E-state index in [4.69, 9.17) is 10.8 Å². The molecule has 0 spiro atoms. The Labute approximate surface area is 83.2 Å². The number of nitrogens with zero attached hydrogens (tertiary/aromatic N) is 1. The van der Waals surface area contributed by atoms with Crippen LogP contribution in [0.4, 0.5) is 11.5 Å². The molecule has 1 heterocycles. The van der Waals surface area contributed by atoms with Crippen LogP contribution in [0.25, 0.3) is 0 Å². The molecule has 14 heavy (non-hydrogen) atoms. The molecule has 0 bridgehead atoms. The molecular weight excluding hydrogens is 178 g/mol. The Bertz CT molecular complexity index is 323. The van der Waals surface area contributed by atoms with Gasteiger partial charge in [-0.25, -0.2) is 4.98 Å². The van der Waals surface area contributed by atoms with Crippen LogP contribution in [0.2, 0.25) is 0 Å². The summed E-state index contributed by atoms with van der Waals surface area (Å²) in [5.41, 5.74) is 6.64. The molecule has 1 saturated carbocycles. The summed E-state index contributed by atoms with van der Waals surface area (Å²) in [5, 5.41) is 12.4. The minimum atomic E-state index is 0.123.